The predicted octanol–water partition coefficient (Wildman–Crippen LogP) is 3.44. The van der Waals surface area contributed by atoms with Gasteiger partial charge in [-0.05, 0) is 12.1 Å². The second-order valence-corrected chi connectivity index (χ2v) is 4.73. The molecule has 3 rings (SSSR count). The molecule has 1 N–H and O–H groups in total. The zero-order valence-electron chi connectivity index (χ0n) is 8.48. The average Bonchev–Trinajstić information content (AvgIpc) is 2.75. The summed E-state index contributed by atoms with van der Waals surface area (Å²) in [7, 11) is 0. The SMILES string of the molecule is Clc1ncnc2nc(-c3ccc(Br)cc3)[nH]c12. The summed E-state index contributed by atoms with van der Waals surface area (Å²) in [5.74, 6) is 0.731. The van der Waals surface area contributed by atoms with Gasteiger partial charge in [0.2, 0.25) is 0 Å². The molecule has 0 atom stereocenters. The molecule has 0 aliphatic carbocycles. The molecule has 4 nitrogen and oxygen atoms in total. The van der Waals surface area contributed by atoms with Crippen molar-refractivity contribution in [3.63, 3.8) is 0 Å². The molecule has 0 amide bonds. The van der Waals surface area contributed by atoms with Crippen LogP contribution in [0.5, 0.6) is 0 Å². The lowest BCUT2D eigenvalue weighted by Crippen LogP contribution is -1.80. The zero-order chi connectivity index (χ0) is 11.8. The van der Waals surface area contributed by atoms with E-state index < -0.39 is 0 Å². The molecular formula is C11H6BrClN4. The van der Waals surface area contributed by atoms with Crippen LogP contribution >= 0.6 is 27.5 Å². The minimum atomic E-state index is 0.380. The zero-order valence-corrected chi connectivity index (χ0v) is 10.8. The summed E-state index contributed by atoms with van der Waals surface area (Å²) < 4.78 is 1.02. The number of fused-ring (bicyclic) bond motifs is 1. The third-order valence-electron chi connectivity index (χ3n) is 2.36. The second kappa shape index (κ2) is 4.09. The number of hydrogen-bond donors (Lipinski definition) is 1. The van der Waals surface area contributed by atoms with Crippen molar-refractivity contribution in [1.82, 2.24) is 19.9 Å². The second-order valence-electron chi connectivity index (χ2n) is 3.46. The van der Waals surface area contributed by atoms with Crippen molar-refractivity contribution in [2.24, 2.45) is 0 Å². The van der Waals surface area contributed by atoms with Crippen molar-refractivity contribution < 1.29 is 0 Å². The van der Waals surface area contributed by atoms with Gasteiger partial charge < -0.3 is 4.98 Å². The van der Waals surface area contributed by atoms with E-state index >= 15 is 0 Å². The Labute approximate surface area is 110 Å². The van der Waals surface area contributed by atoms with E-state index in [1.165, 1.54) is 6.33 Å². The van der Waals surface area contributed by atoms with Crippen LogP contribution in [0.2, 0.25) is 5.15 Å². The molecule has 84 valence electrons. The number of aromatic amines is 1. The van der Waals surface area contributed by atoms with Crippen LogP contribution in [0.3, 0.4) is 0 Å². The number of hydrogen-bond acceptors (Lipinski definition) is 3. The number of rotatable bonds is 1. The fraction of sp³-hybridized carbons (Fsp3) is 0. The Kier molecular flexibility index (Phi) is 2.57. The van der Waals surface area contributed by atoms with Crippen molar-refractivity contribution in [3.05, 3.63) is 40.2 Å². The summed E-state index contributed by atoms with van der Waals surface area (Å²) in [4.78, 5) is 15.4. The van der Waals surface area contributed by atoms with Gasteiger partial charge in [0.25, 0.3) is 0 Å². The predicted molar refractivity (Wildman–Crippen MR) is 69.8 cm³/mol. The van der Waals surface area contributed by atoms with Crippen LogP contribution in [0, 0.1) is 0 Å². The van der Waals surface area contributed by atoms with Crippen molar-refractivity contribution in [2.45, 2.75) is 0 Å². The summed E-state index contributed by atoms with van der Waals surface area (Å²) in [5, 5.41) is 0.380. The number of halogens is 2. The Morgan fingerprint density at radius 3 is 2.59 bits per heavy atom. The van der Waals surface area contributed by atoms with Crippen LogP contribution < -0.4 is 0 Å². The Morgan fingerprint density at radius 1 is 1.12 bits per heavy atom. The third-order valence-corrected chi connectivity index (χ3v) is 3.18. The standard InChI is InChI=1S/C11H6BrClN4/c12-7-3-1-6(2-4-7)10-16-8-9(13)14-5-15-11(8)17-10/h1-5H,(H,14,15,16,17). The lowest BCUT2D eigenvalue weighted by Gasteiger charge is -1.95. The van der Waals surface area contributed by atoms with Crippen molar-refractivity contribution >= 4 is 38.7 Å². The van der Waals surface area contributed by atoms with Crippen molar-refractivity contribution in [1.29, 1.82) is 0 Å². The topological polar surface area (TPSA) is 54.5 Å². The molecule has 0 unspecified atom stereocenters. The van der Waals surface area contributed by atoms with Crippen LogP contribution in [0.1, 0.15) is 0 Å². The van der Waals surface area contributed by atoms with Crippen LogP contribution in [0.25, 0.3) is 22.6 Å². The summed E-state index contributed by atoms with van der Waals surface area (Å²) in [6.45, 7) is 0. The van der Waals surface area contributed by atoms with Gasteiger partial charge in [-0.2, -0.15) is 0 Å². The largest absolute Gasteiger partial charge is 0.334 e. The quantitative estimate of drug-likeness (QED) is 0.701. The third kappa shape index (κ3) is 1.92. The molecule has 2 heterocycles. The van der Waals surface area contributed by atoms with E-state index in [9.17, 15) is 0 Å². The van der Waals surface area contributed by atoms with E-state index in [0.717, 1.165) is 15.9 Å². The minimum Gasteiger partial charge on any atom is -0.334 e. The van der Waals surface area contributed by atoms with Gasteiger partial charge in [-0.25, -0.2) is 15.0 Å². The molecule has 0 aliphatic heterocycles. The van der Waals surface area contributed by atoms with Gasteiger partial charge in [0.1, 0.15) is 17.7 Å². The van der Waals surface area contributed by atoms with E-state index in [-0.39, 0.29) is 0 Å². The maximum Gasteiger partial charge on any atom is 0.182 e. The van der Waals surface area contributed by atoms with Gasteiger partial charge in [-0.1, -0.05) is 39.7 Å². The molecule has 0 saturated carbocycles. The number of benzene rings is 1. The van der Waals surface area contributed by atoms with E-state index in [4.69, 9.17) is 11.6 Å². The van der Waals surface area contributed by atoms with E-state index in [0.29, 0.717) is 16.3 Å². The highest BCUT2D eigenvalue weighted by molar-refractivity contribution is 9.10. The van der Waals surface area contributed by atoms with Crippen LogP contribution in [-0.2, 0) is 0 Å². The molecule has 1 aromatic carbocycles. The van der Waals surface area contributed by atoms with Gasteiger partial charge in [0.05, 0.1) is 0 Å². The maximum atomic E-state index is 5.95. The summed E-state index contributed by atoms with van der Waals surface area (Å²) in [6, 6.07) is 7.83. The first-order valence-electron chi connectivity index (χ1n) is 4.86. The molecular weight excluding hydrogens is 304 g/mol. The molecule has 6 heteroatoms. The molecule has 2 aromatic heterocycles. The summed E-state index contributed by atoms with van der Waals surface area (Å²) >= 11 is 9.34. The Morgan fingerprint density at radius 2 is 1.88 bits per heavy atom. The molecule has 3 aromatic rings. The summed E-state index contributed by atoms with van der Waals surface area (Å²) in [5.41, 5.74) is 2.21. The first-order valence-corrected chi connectivity index (χ1v) is 6.03. The van der Waals surface area contributed by atoms with Crippen molar-refractivity contribution in [2.75, 3.05) is 0 Å². The van der Waals surface area contributed by atoms with E-state index in [1.54, 1.807) is 0 Å². The van der Waals surface area contributed by atoms with Crippen molar-refractivity contribution in [3.8, 4) is 11.4 Å². The van der Waals surface area contributed by atoms with Gasteiger partial charge >= 0.3 is 0 Å². The monoisotopic (exact) mass is 308 g/mol. The van der Waals surface area contributed by atoms with Gasteiger partial charge in [0.15, 0.2) is 10.8 Å². The highest BCUT2D eigenvalue weighted by atomic mass is 79.9. The highest BCUT2D eigenvalue weighted by Crippen LogP contribution is 2.23. The lowest BCUT2D eigenvalue weighted by molar-refractivity contribution is 1.20. The van der Waals surface area contributed by atoms with Gasteiger partial charge in [-0.15, -0.1) is 0 Å². The first-order chi connectivity index (χ1) is 8.24. The van der Waals surface area contributed by atoms with Crippen LogP contribution in [-0.4, -0.2) is 19.9 Å². The normalized spacial score (nSPS) is 10.9. The number of imidazole rings is 1. The lowest BCUT2D eigenvalue weighted by atomic mass is 10.2. The summed E-state index contributed by atoms with van der Waals surface area (Å²) in [6.07, 6.45) is 1.40. The Bertz CT molecular complexity index is 678. The van der Waals surface area contributed by atoms with Gasteiger partial charge in [-0.3, -0.25) is 0 Å². The minimum absolute atomic E-state index is 0.380. The Hall–Kier alpha value is -1.46. The molecule has 0 spiro atoms. The van der Waals surface area contributed by atoms with Crippen LogP contribution in [0.4, 0.5) is 0 Å². The Balaban J connectivity index is 2.18. The fourth-order valence-corrected chi connectivity index (χ4v) is 1.98. The van der Waals surface area contributed by atoms with E-state index in [2.05, 4.69) is 35.9 Å². The number of nitrogens with zero attached hydrogens (tertiary/aromatic N) is 3. The molecule has 0 bridgehead atoms. The number of nitrogens with one attached hydrogen (secondary N) is 1. The molecule has 17 heavy (non-hydrogen) atoms. The number of aromatic nitrogens is 4. The maximum absolute atomic E-state index is 5.95. The number of H-pyrrole nitrogens is 1. The highest BCUT2D eigenvalue weighted by Gasteiger charge is 2.09. The van der Waals surface area contributed by atoms with Crippen LogP contribution in [0.15, 0.2) is 35.1 Å². The smallest absolute Gasteiger partial charge is 0.182 e. The fourth-order valence-electron chi connectivity index (χ4n) is 1.54. The molecule has 0 fully saturated rings. The first kappa shape index (κ1) is 10.7. The molecule has 0 radical (unpaired) electrons. The average molecular weight is 310 g/mol. The molecule has 0 aliphatic rings. The molecule has 0 saturated heterocycles. The van der Waals surface area contributed by atoms with Gasteiger partial charge in [0, 0.05) is 10.0 Å². The van der Waals surface area contributed by atoms with E-state index in [1.807, 2.05) is 24.3 Å².